The van der Waals surface area contributed by atoms with E-state index in [1.54, 1.807) is 6.07 Å². The molecule has 0 atom stereocenters. The van der Waals surface area contributed by atoms with Crippen molar-refractivity contribution in [2.24, 2.45) is 4.99 Å². The molecule has 1 heterocycles. The summed E-state index contributed by atoms with van der Waals surface area (Å²) >= 11 is 0. The third-order valence-corrected chi connectivity index (χ3v) is 3.20. The van der Waals surface area contributed by atoms with Crippen molar-refractivity contribution < 1.29 is 14.3 Å². The highest BCUT2D eigenvalue weighted by Gasteiger charge is 2.20. The Morgan fingerprint density at radius 3 is 2.57 bits per heavy atom. The maximum Gasteiger partial charge on any atom is 0.295 e. The van der Waals surface area contributed by atoms with Gasteiger partial charge in [0.25, 0.3) is 11.9 Å². The fourth-order valence-corrected chi connectivity index (χ4v) is 2.10. The van der Waals surface area contributed by atoms with Crippen molar-refractivity contribution in [1.82, 2.24) is 4.90 Å². The second-order valence-electron chi connectivity index (χ2n) is 5.28. The van der Waals surface area contributed by atoms with Crippen molar-refractivity contribution in [3.63, 3.8) is 0 Å². The maximum absolute atomic E-state index is 12.4. The first-order chi connectivity index (χ1) is 10.1. The molecule has 0 radical (unpaired) electrons. The van der Waals surface area contributed by atoms with Crippen LogP contribution in [0.1, 0.15) is 29.8 Å². The van der Waals surface area contributed by atoms with E-state index in [9.17, 15) is 4.79 Å². The lowest BCUT2D eigenvalue weighted by Crippen LogP contribution is -2.43. The zero-order valence-electron chi connectivity index (χ0n) is 12.8. The average molecular weight is 290 g/mol. The third kappa shape index (κ3) is 4.29. The molecule has 0 N–H and O–H groups in total. The van der Waals surface area contributed by atoms with Crippen LogP contribution < -0.4 is 0 Å². The van der Waals surface area contributed by atoms with Gasteiger partial charge in [-0.1, -0.05) is 18.2 Å². The molecule has 0 bridgehead atoms. The van der Waals surface area contributed by atoms with Gasteiger partial charge in [-0.15, -0.1) is 0 Å². The Balaban J connectivity index is 2.22. The number of amidine groups is 1. The highest BCUT2D eigenvalue weighted by Crippen LogP contribution is 2.10. The summed E-state index contributed by atoms with van der Waals surface area (Å²) in [4.78, 5) is 18.5. The highest BCUT2D eigenvalue weighted by molar-refractivity contribution is 6.02. The molecule has 1 aromatic rings. The molecule has 5 heteroatoms. The molecule has 0 saturated carbocycles. The standard InChI is InChI=1S/C16H22N2O3/c1-12(2)21-16(18-8-10-20-11-9-18)17-15(19)14-7-5-4-6-13(14)3/h4-7,12H,8-11H2,1-3H3. The molecule has 1 aromatic carbocycles. The van der Waals surface area contributed by atoms with Crippen molar-refractivity contribution >= 4 is 11.9 Å². The molecule has 0 aromatic heterocycles. The first-order valence-electron chi connectivity index (χ1n) is 7.26. The quantitative estimate of drug-likeness (QED) is 0.619. The lowest BCUT2D eigenvalue weighted by atomic mass is 10.1. The van der Waals surface area contributed by atoms with Gasteiger partial charge in [0, 0.05) is 18.7 Å². The Morgan fingerprint density at radius 1 is 1.29 bits per heavy atom. The highest BCUT2D eigenvalue weighted by atomic mass is 16.5. The summed E-state index contributed by atoms with van der Waals surface area (Å²) < 4.78 is 11.0. The normalized spacial score (nSPS) is 16.2. The molecule has 114 valence electrons. The van der Waals surface area contributed by atoms with Crippen molar-refractivity contribution in [2.75, 3.05) is 26.3 Å². The van der Waals surface area contributed by atoms with Crippen LogP contribution in [0.3, 0.4) is 0 Å². The summed E-state index contributed by atoms with van der Waals surface area (Å²) in [5.41, 5.74) is 1.52. The number of benzene rings is 1. The van der Waals surface area contributed by atoms with E-state index >= 15 is 0 Å². The Morgan fingerprint density at radius 2 is 1.95 bits per heavy atom. The number of hydrogen-bond acceptors (Lipinski definition) is 3. The number of rotatable bonds is 2. The van der Waals surface area contributed by atoms with Gasteiger partial charge in [0.2, 0.25) is 0 Å². The number of ether oxygens (including phenoxy) is 2. The third-order valence-electron chi connectivity index (χ3n) is 3.20. The van der Waals surface area contributed by atoms with Gasteiger partial charge in [-0.05, 0) is 32.4 Å². The fourth-order valence-electron chi connectivity index (χ4n) is 2.10. The topological polar surface area (TPSA) is 51.1 Å². The van der Waals surface area contributed by atoms with Gasteiger partial charge in [-0.25, -0.2) is 0 Å². The summed E-state index contributed by atoms with van der Waals surface area (Å²) in [7, 11) is 0. The lowest BCUT2D eigenvalue weighted by Gasteiger charge is -2.29. The number of morpholine rings is 1. The lowest BCUT2D eigenvalue weighted by molar-refractivity contribution is 0.0498. The summed E-state index contributed by atoms with van der Waals surface area (Å²) in [5.74, 6) is -0.268. The minimum atomic E-state index is -0.268. The second kappa shape index (κ2) is 7.22. The Hall–Kier alpha value is -1.88. The van der Waals surface area contributed by atoms with E-state index in [-0.39, 0.29) is 12.0 Å². The zero-order chi connectivity index (χ0) is 15.2. The van der Waals surface area contributed by atoms with Gasteiger partial charge >= 0.3 is 0 Å². The maximum atomic E-state index is 12.4. The van der Waals surface area contributed by atoms with E-state index in [1.807, 2.05) is 43.9 Å². The summed E-state index contributed by atoms with van der Waals surface area (Å²) in [5, 5.41) is 0. The molecule has 1 aliphatic rings. The fraction of sp³-hybridized carbons (Fsp3) is 0.500. The van der Waals surface area contributed by atoms with Crippen molar-refractivity contribution in [2.45, 2.75) is 26.9 Å². The summed E-state index contributed by atoms with van der Waals surface area (Å²) in [6.45, 7) is 8.38. The smallest absolute Gasteiger partial charge is 0.295 e. The van der Waals surface area contributed by atoms with E-state index in [1.165, 1.54) is 0 Å². The molecule has 21 heavy (non-hydrogen) atoms. The number of carbonyl (C=O) groups excluding carboxylic acids is 1. The molecule has 1 fully saturated rings. The van der Waals surface area contributed by atoms with Gasteiger partial charge in [0.05, 0.1) is 19.3 Å². The minimum absolute atomic E-state index is 0.0312. The van der Waals surface area contributed by atoms with Gasteiger partial charge in [0.15, 0.2) is 0 Å². The number of amides is 1. The predicted molar refractivity (Wildman–Crippen MR) is 81.6 cm³/mol. The van der Waals surface area contributed by atoms with E-state index in [4.69, 9.17) is 9.47 Å². The van der Waals surface area contributed by atoms with E-state index < -0.39 is 0 Å². The molecule has 5 nitrogen and oxygen atoms in total. The number of nitrogens with zero attached hydrogens (tertiary/aromatic N) is 2. The SMILES string of the molecule is Cc1ccccc1C(=O)N=C(OC(C)C)N1CCOCC1. The number of aryl methyl sites for hydroxylation is 1. The molecule has 0 aliphatic carbocycles. The molecule has 0 spiro atoms. The van der Waals surface area contributed by atoms with Crippen LogP contribution in [0, 0.1) is 6.92 Å². The number of carbonyl (C=O) groups is 1. The first kappa shape index (κ1) is 15.5. The van der Waals surface area contributed by atoms with Crippen LogP contribution in [-0.2, 0) is 9.47 Å². The van der Waals surface area contributed by atoms with Crippen LogP contribution in [-0.4, -0.2) is 49.2 Å². The van der Waals surface area contributed by atoms with Crippen LogP contribution in [0.2, 0.25) is 0 Å². The average Bonchev–Trinajstić information content (AvgIpc) is 2.47. The molecule has 1 amide bonds. The van der Waals surface area contributed by atoms with Crippen LogP contribution >= 0.6 is 0 Å². The molecular weight excluding hydrogens is 268 g/mol. The second-order valence-corrected chi connectivity index (χ2v) is 5.28. The van der Waals surface area contributed by atoms with Gasteiger partial charge in [-0.3, -0.25) is 4.79 Å². The van der Waals surface area contributed by atoms with Gasteiger partial charge < -0.3 is 14.4 Å². The van der Waals surface area contributed by atoms with Crippen LogP contribution in [0.5, 0.6) is 0 Å². The van der Waals surface area contributed by atoms with E-state index in [0.717, 1.165) is 5.56 Å². The van der Waals surface area contributed by atoms with Gasteiger partial charge in [-0.2, -0.15) is 4.99 Å². The molecule has 1 saturated heterocycles. The largest absolute Gasteiger partial charge is 0.462 e. The first-order valence-corrected chi connectivity index (χ1v) is 7.26. The van der Waals surface area contributed by atoms with Crippen LogP contribution in [0.15, 0.2) is 29.3 Å². The number of hydrogen-bond donors (Lipinski definition) is 0. The Labute approximate surface area is 125 Å². The van der Waals surface area contributed by atoms with Crippen LogP contribution in [0.4, 0.5) is 0 Å². The van der Waals surface area contributed by atoms with Crippen LogP contribution in [0.25, 0.3) is 0 Å². The molecule has 0 unspecified atom stereocenters. The predicted octanol–water partition coefficient (Wildman–Crippen LogP) is 2.25. The summed E-state index contributed by atoms with van der Waals surface area (Å²) in [6, 6.07) is 7.83. The van der Waals surface area contributed by atoms with E-state index in [0.29, 0.717) is 37.9 Å². The van der Waals surface area contributed by atoms with Crippen molar-refractivity contribution in [1.29, 1.82) is 0 Å². The number of aliphatic imine (C=N–C) groups is 1. The minimum Gasteiger partial charge on any atom is -0.462 e. The van der Waals surface area contributed by atoms with Crippen molar-refractivity contribution in [3.05, 3.63) is 35.4 Å². The Kier molecular flexibility index (Phi) is 5.33. The molecule has 1 aliphatic heterocycles. The monoisotopic (exact) mass is 290 g/mol. The van der Waals surface area contributed by atoms with Gasteiger partial charge in [0.1, 0.15) is 0 Å². The molecule has 2 rings (SSSR count). The zero-order valence-corrected chi connectivity index (χ0v) is 12.8. The van der Waals surface area contributed by atoms with E-state index in [2.05, 4.69) is 4.99 Å². The summed E-state index contributed by atoms with van der Waals surface area (Å²) in [6.07, 6.45) is -0.0312. The molecular formula is C16H22N2O3. The Bertz CT molecular complexity index is 520. The van der Waals surface area contributed by atoms with Crippen molar-refractivity contribution in [3.8, 4) is 0 Å².